The minimum absolute atomic E-state index is 1.06. The van der Waals surface area contributed by atoms with Gasteiger partial charge < -0.3 is 3.79 Å². The van der Waals surface area contributed by atoms with Crippen LogP contribution in [-0.4, -0.2) is 14.5 Å². The first-order valence-corrected chi connectivity index (χ1v) is 14.7. The molecule has 0 atom stereocenters. The van der Waals surface area contributed by atoms with E-state index in [-0.39, 0.29) is 0 Å². The van der Waals surface area contributed by atoms with Gasteiger partial charge >= 0.3 is 14.5 Å². The molecule has 0 aromatic heterocycles. The molecule has 0 saturated heterocycles. The predicted octanol–water partition coefficient (Wildman–Crippen LogP) is 9.12. The number of hydrogen-bond donors (Lipinski definition) is 0. The smallest absolute Gasteiger partial charge is 0.546 e. The van der Waals surface area contributed by atoms with Gasteiger partial charge in [0.1, 0.15) is 0 Å². The van der Waals surface area contributed by atoms with Gasteiger partial charge in [0.2, 0.25) is 0 Å². The molecule has 0 bridgehead atoms. The molecule has 1 aromatic carbocycles. The number of aryl methyl sites for hydroxylation is 1. The third-order valence-corrected chi connectivity index (χ3v) is 8.51. The Kier molecular flexibility index (Phi) is 17.0. The van der Waals surface area contributed by atoms with E-state index in [9.17, 15) is 0 Å². The Labute approximate surface area is 181 Å². The van der Waals surface area contributed by atoms with Gasteiger partial charge in [-0.2, -0.15) is 0 Å². The molecular weight excluding hydrogens is 355 g/mol. The molecule has 0 radical (unpaired) electrons. The summed E-state index contributed by atoms with van der Waals surface area (Å²) < 4.78 is 6.42. The van der Waals surface area contributed by atoms with Gasteiger partial charge in [0.15, 0.2) is 0 Å². The van der Waals surface area contributed by atoms with Crippen molar-refractivity contribution < 1.29 is 3.79 Å². The first-order valence-electron chi connectivity index (χ1n) is 12.6. The summed E-state index contributed by atoms with van der Waals surface area (Å²) >= 11 is -1.06. The van der Waals surface area contributed by atoms with E-state index < -0.39 is 14.5 Å². The lowest BCUT2D eigenvalue weighted by atomic mass is 10.0. The third-order valence-electron chi connectivity index (χ3n) is 5.80. The number of rotatable bonds is 19. The van der Waals surface area contributed by atoms with E-state index in [0.717, 1.165) is 5.75 Å². The van der Waals surface area contributed by atoms with Crippen LogP contribution in [0, 0.1) is 0 Å². The van der Waals surface area contributed by atoms with Crippen molar-refractivity contribution in [3.63, 3.8) is 0 Å². The van der Waals surface area contributed by atoms with Crippen molar-refractivity contribution in [2.45, 2.75) is 128 Å². The topological polar surface area (TPSA) is 9.23 Å². The summed E-state index contributed by atoms with van der Waals surface area (Å²) in [4.78, 5) is 0. The maximum atomic E-state index is 6.42. The quantitative estimate of drug-likeness (QED) is 0.165. The van der Waals surface area contributed by atoms with Gasteiger partial charge in [-0.3, -0.25) is 0 Å². The van der Waals surface area contributed by atoms with Crippen LogP contribution in [-0.2, 0) is 6.42 Å². The molecule has 0 aliphatic carbocycles. The first kappa shape index (κ1) is 25.6. The molecule has 0 spiro atoms. The largest absolute Gasteiger partial charge is 0.643 e. The molecule has 160 valence electrons. The van der Waals surface area contributed by atoms with Crippen molar-refractivity contribution in [2.24, 2.45) is 0 Å². The van der Waals surface area contributed by atoms with Crippen molar-refractivity contribution in [3.05, 3.63) is 29.8 Å². The van der Waals surface area contributed by atoms with Crippen LogP contribution < -0.4 is 3.79 Å². The normalized spacial score (nSPS) is 11.0. The van der Waals surface area contributed by atoms with Crippen LogP contribution in [0.2, 0.25) is 10.6 Å². The summed E-state index contributed by atoms with van der Waals surface area (Å²) in [5, 5.41) is 2.66. The Morgan fingerprint density at radius 2 is 1.04 bits per heavy atom. The van der Waals surface area contributed by atoms with Crippen LogP contribution in [0.15, 0.2) is 24.3 Å². The Bertz CT molecular complexity index is 434. The zero-order valence-corrected chi connectivity index (χ0v) is 20.5. The van der Waals surface area contributed by atoms with E-state index in [2.05, 4.69) is 45.0 Å². The second-order valence-electron chi connectivity index (χ2n) is 8.60. The molecule has 0 amide bonds. The summed E-state index contributed by atoms with van der Waals surface area (Å²) in [6.07, 6.45) is 20.6. The van der Waals surface area contributed by atoms with Gasteiger partial charge in [-0.05, 0) is 30.5 Å². The third kappa shape index (κ3) is 13.7. The minimum atomic E-state index is -1.06. The summed E-state index contributed by atoms with van der Waals surface area (Å²) in [5.74, 6) is 1.12. The fraction of sp³-hybridized carbons (Fsp3) is 0.769. The maximum absolute atomic E-state index is 6.42. The van der Waals surface area contributed by atoms with Gasteiger partial charge in [0.05, 0.1) is 5.75 Å². The van der Waals surface area contributed by atoms with E-state index in [1.165, 1.54) is 112 Å². The van der Waals surface area contributed by atoms with E-state index in [4.69, 9.17) is 3.79 Å². The summed E-state index contributed by atoms with van der Waals surface area (Å²) in [7, 11) is 0. The number of benzene rings is 1. The monoisotopic (exact) mass is 402 g/mol. The molecule has 0 fully saturated rings. The van der Waals surface area contributed by atoms with E-state index >= 15 is 0 Å². The molecule has 1 nitrogen and oxygen atoms in total. The van der Waals surface area contributed by atoms with Crippen molar-refractivity contribution >= 4 is 14.5 Å². The standard InChI is InChI=1S/C18H30O.2C4H9.Al/c1-2-3-4-5-6-7-8-9-10-11-12-17-13-15-18(19)16-14-17;2*1-3-4-2;/h13-16,19H,2-12H2,1H3;2*1,3-4H2,2H3;/q;;;+1/p-1. The van der Waals surface area contributed by atoms with Gasteiger partial charge in [0.25, 0.3) is 0 Å². The van der Waals surface area contributed by atoms with Crippen molar-refractivity contribution in [1.82, 2.24) is 0 Å². The lowest BCUT2D eigenvalue weighted by Crippen LogP contribution is -2.21. The van der Waals surface area contributed by atoms with Crippen LogP contribution in [0.3, 0.4) is 0 Å². The molecular formula is C26H47AlO. The van der Waals surface area contributed by atoms with Crippen LogP contribution in [0.25, 0.3) is 0 Å². The molecule has 0 N–H and O–H groups in total. The SMILES string of the molecule is CCCCCCCCCCCCc1ccc([O][Al]([CH2]CCC)[CH2]CCC)cc1. The van der Waals surface area contributed by atoms with Crippen LogP contribution in [0.5, 0.6) is 5.75 Å². The average Bonchev–Trinajstić information content (AvgIpc) is 2.72. The molecule has 1 rings (SSSR count). The molecule has 28 heavy (non-hydrogen) atoms. The van der Waals surface area contributed by atoms with E-state index in [0.29, 0.717) is 0 Å². The first-order chi connectivity index (χ1) is 13.8. The highest BCUT2D eigenvalue weighted by Gasteiger charge is 2.21. The predicted molar refractivity (Wildman–Crippen MR) is 128 cm³/mol. The molecule has 0 aliphatic rings. The molecule has 0 aliphatic heterocycles. The lowest BCUT2D eigenvalue weighted by molar-refractivity contribution is 0.551. The highest BCUT2D eigenvalue weighted by atomic mass is 27.2. The zero-order valence-electron chi connectivity index (χ0n) is 19.3. The number of hydrogen-bond acceptors (Lipinski definition) is 1. The number of unbranched alkanes of at least 4 members (excludes halogenated alkanes) is 11. The van der Waals surface area contributed by atoms with E-state index in [1.54, 1.807) is 0 Å². The summed E-state index contributed by atoms with van der Waals surface area (Å²) in [5.41, 5.74) is 1.48. The Morgan fingerprint density at radius 1 is 0.571 bits per heavy atom. The fourth-order valence-corrected chi connectivity index (χ4v) is 6.66. The van der Waals surface area contributed by atoms with Crippen molar-refractivity contribution in [3.8, 4) is 5.75 Å². The van der Waals surface area contributed by atoms with E-state index in [1.807, 2.05) is 0 Å². The fourth-order valence-electron chi connectivity index (χ4n) is 3.87. The van der Waals surface area contributed by atoms with Gasteiger partial charge in [0, 0.05) is 0 Å². The second-order valence-corrected chi connectivity index (χ2v) is 11.2. The molecule has 0 heterocycles. The van der Waals surface area contributed by atoms with Gasteiger partial charge in [-0.15, -0.1) is 0 Å². The highest BCUT2D eigenvalue weighted by molar-refractivity contribution is 6.52. The summed E-state index contributed by atoms with van der Waals surface area (Å²) in [6, 6.07) is 9.05. The van der Waals surface area contributed by atoms with Crippen molar-refractivity contribution in [1.29, 1.82) is 0 Å². The van der Waals surface area contributed by atoms with Gasteiger partial charge in [-0.1, -0.05) is 127 Å². The molecule has 2 heteroatoms. The molecule has 1 aromatic rings. The second kappa shape index (κ2) is 18.6. The average molecular weight is 403 g/mol. The van der Waals surface area contributed by atoms with Crippen LogP contribution in [0.1, 0.15) is 116 Å². The minimum Gasteiger partial charge on any atom is -0.643 e. The zero-order chi connectivity index (χ0) is 20.3. The summed E-state index contributed by atoms with van der Waals surface area (Å²) in [6.45, 7) is 6.86. The maximum Gasteiger partial charge on any atom is 0.546 e. The van der Waals surface area contributed by atoms with Crippen LogP contribution in [0.4, 0.5) is 0 Å². The molecule has 0 unspecified atom stereocenters. The van der Waals surface area contributed by atoms with Crippen LogP contribution >= 0.6 is 0 Å². The Balaban J connectivity index is 2.16. The molecule has 0 saturated carbocycles. The van der Waals surface area contributed by atoms with Gasteiger partial charge in [-0.25, -0.2) is 0 Å². The lowest BCUT2D eigenvalue weighted by Gasteiger charge is -2.15. The highest BCUT2D eigenvalue weighted by Crippen LogP contribution is 2.19. The Morgan fingerprint density at radius 3 is 1.54 bits per heavy atom. The van der Waals surface area contributed by atoms with Crippen molar-refractivity contribution in [2.75, 3.05) is 0 Å². The Hall–Kier alpha value is -0.448.